The molecule has 0 bridgehead atoms. The molecule has 0 aliphatic carbocycles. The molecule has 0 saturated heterocycles. The monoisotopic (exact) mass is 391 g/mol. The summed E-state index contributed by atoms with van der Waals surface area (Å²) in [6.45, 7) is 1.41. The van der Waals surface area contributed by atoms with Crippen molar-refractivity contribution in [3.05, 3.63) is 107 Å². The van der Waals surface area contributed by atoms with Crippen LogP contribution in [0, 0.1) is 0 Å². The van der Waals surface area contributed by atoms with Crippen molar-refractivity contribution in [1.82, 2.24) is 4.98 Å². The van der Waals surface area contributed by atoms with Gasteiger partial charge in [0.15, 0.2) is 0 Å². The van der Waals surface area contributed by atoms with Crippen molar-refractivity contribution in [2.75, 3.05) is 13.1 Å². The Bertz CT molecular complexity index is 1040. The van der Waals surface area contributed by atoms with E-state index in [2.05, 4.69) is 40.8 Å². The van der Waals surface area contributed by atoms with E-state index < -0.39 is 6.10 Å². The second-order valence-electron chi connectivity index (χ2n) is 7.05. The van der Waals surface area contributed by atoms with Crippen LogP contribution in [0.4, 0.5) is 0 Å². The number of aliphatic hydroxyl groups excluding tert-OH is 1. The lowest BCUT2D eigenvalue weighted by atomic mass is 9.90. The maximum absolute atomic E-state index is 10.5. The summed E-state index contributed by atoms with van der Waals surface area (Å²) in [6.07, 6.45) is 1.59. The standard InChI is InChI=1S/C24H23ClN2O/c25-22-12-6-4-10-18(22)20(21-15-27-23-13-7-5-11-19(21)23)14-26-16-24(28)17-8-2-1-3-9-17/h1-13,15,20,24,26-28H,14,16H2/p+1/t20-,24-/m0/s1. The molecule has 4 aromatic rings. The van der Waals surface area contributed by atoms with Crippen LogP contribution in [0.1, 0.15) is 28.7 Å². The van der Waals surface area contributed by atoms with Crippen molar-refractivity contribution in [2.24, 2.45) is 0 Å². The van der Waals surface area contributed by atoms with Gasteiger partial charge in [0.25, 0.3) is 0 Å². The number of aromatic nitrogens is 1. The lowest BCUT2D eigenvalue weighted by Gasteiger charge is -2.18. The minimum atomic E-state index is -0.490. The molecule has 142 valence electrons. The first-order valence-corrected chi connectivity index (χ1v) is 9.97. The Morgan fingerprint density at radius 1 is 0.821 bits per heavy atom. The number of aromatic amines is 1. The van der Waals surface area contributed by atoms with E-state index in [1.807, 2.05) is 54.6 Å². The Kier molecular flexibility index (Phi) is 5.77. The molecule has 2 atom stereocenters. The van der Waals surface area contributed by atoms with E-state index in [9.17, 15) is 5.11 Å². The smallest absolute Gasteiger partial charge is 0.128 e. The van der Waals surface area contributed by atoms with Crippen LogP contribution in [0.25, 0.3) is 10.9 Å². The number of halogens is 1. The van der Waals surface area contributed by atoms with Gasteiger partial charge in [0.1, 0.15) is 12.6 Å². The lowest BCUT2D eigenvalue weighted by molar-refractivity contribution is -0.663. The lowest BCUT2D eigenvalue weighted by Crippen LogP contribution is -2.86. The molecule has 0 aliphatic rings. The van der Waals surface area contributed by atoms with Crippen LogP contribution >= 0.6 is 11.6 Å². The van der Waals surface area contributed by atoms with Crippen LogP contribution in [0.5, 0.6) is 0 Å². The van der Waals surface area contributed by atoms with Crippen LogP contribution in [0.3, 0.4) is 0 Å². The van der Waals surface area contributed by atoms with Crippen LogP contribution in [0.15, 0.2) is 85.1 Å². The fourth-order valence-corrected chi connectivity index (χ4v) is 4.06. The predicted octanol–water partition coefficient (Wildman–Crippen LogP) is 4.25. The molecule has 3 aromatic carbocycles. The number of benzene rings is 3. The average Bonchev–Trinajstić information content (AvgIpc) is 3.16. The number of aliphatic hydroxyl groups is 1. The minimum Gasteiger partial charge on any atom is -0.382 e. The van der Waals surface area contributed by atoms with Gasteiger partial charge >= 0.3 is 0 Å². The van der Waals surface area contributed by atoms with Gasteiger partial charge in [-0.1, -0.05) is 78.3 Å². The van der Waals surface area contributed by atoms with E-state index in [0.717, 1.165) is 28.2 Å². The summed E-state index contributed by atoms with van der Waals surface area (Å²) in [6, 6.07) is 26.2. The first-order valence-electron chi connectivity index (χ1n) is 9.59. The van der Waals surface area contributed by atoms with Crippen molar-refractivity contribution in [3.8, 4) is 0 Å². The van der Waals surface area contributed by atoms with Crippen LogP contribution in [0.2, 0.25) is 5.02 Å². The Balaban J connectivity index is 1.58. The third-order valence-corrected chi connectivity index (χ3v) is 5.60. The topological polar surface area (TPSA) is 52.6 Å². The highest BCUT2D eigenvalue weighted by molar-refractivity contribution is 6.31. The number of H-pyrrole nitrogens is 1. The summed E-state index contributed by atoms with van der Waals surface area (Å²) in [5, 5.41) is 14.7. The highest BCUT2D eigenvalue weighted by atomic mass is 35.5. The van der Waals surface area contributed by atoms with Crippen molar-refractivity contribution in [2.45, 2.75) is 12.0 Å². The molecule has 0 fully saturated rings. The summed E-state index contributed by atoms with van der Waals surface area (Å²) < 4.78 is 0. The van der Waals surface area contributed by atoms with Crippen LogP contribution in [-0.2, 0) is 0 Å². The molecule has 28 heavy (non-hydrogen) atoms. The fourth-order valence-electron chi connectivity index (χ4n) is 3.79. The van der Waals surface area contributed by atoms with E-state index in [-0.39, 0.29) is 5.92 Å². The maximum atomic E-state index is 10.5. The number of nitrogens with two attached hydrogens (primary N) is 1. The molecule has 1 heterocycles. The number of fused-ring (bicyclic) bond motifs is 1. The van der Waals surface area contributed by atoms with Gasteiger partial charge in [-0.2, -0.15) is 0 Å². The zero-order valence-corrected chi connectivity index (χ0v) is 16.3. The van der Waals surface area contributed by atoms with E-state index in [0.29, 0.717) is 6.54 Å². The molecule has 0 aliphatic heterocycles. The van der Waals surface area contributed by atoms with Crippen LogP contribution in [-0.4, -0.2) is 23.2 Å². The highest BCUT2D eigenvalue weighted by Gasteiger charge is 2.22. The Hall–Kier alpha value is -2.59. The zero-order chi connectivity index (χ0) is 19.3. The van der Waals surface area contributed by atoms with E-state index >= 15 is 0 Å². The second kappa shape index (κ2) is 8.61. The molecule has 0 amide bonds. The zero-order valence-electron chi connectivity index (χ0n) is 15.6. The normalized spacial score (nSPS) is 13.5. The summed E-state index contributed by atoms with van der Waals surface area (Å²) in [4.78, 5) is 3.38. The van der Waals surface area contributed by atoms with Crippen molar-refractivity contribution in [1.29, 1.82) is 0 Å². The number of para-hydroxylation sites is 1. The largest absolute Gasteiger partial charge is 0.382 e. The van der Waals surface area contributed by atoms with E-state index in [4.69, 9.17) is 11.6 Å². The van der Waals surface area contributed by atoms with Gasteiger partial charge in [-0.25, -0.2) is 0 Å². The minimum absolute atomic E-state index is 0.132. The predicted molar refractivity (Wildman–Crippen MR) is 115 cm³/mol. The molecular formula is C24H24ClN2O+. The molecule has 3 nitrogen and oxygen atoms in total. The first kappa shape index (κ1) is 18.8. The maximum Gasteiger partial charge on any atom is 0.128 e. The Morgan fingerprint density at radius 3 is 2.36 bits per heavy atom. The number of rotatable bonds is 7. The van der Waals surface area contributed by atoms with Crippen LogP contribution < -0.4 is 5.32 Å². The van der Waals surface area contributed by atoms with Crippen molar-refractivity contribution >= 4 is 22.5 Å². The first-order chi connectivity index (χ1) is 13.7. The summed E-state index contributed by atoms with van der Waals surface area (Å²) in [7, 11) is 0. The third kappa shape index (κ3) is 3.97. The van der Waals surface area contributed by atoms with Gasteiger partial charge in [-0.3, -0.25) is 0 Å². The van der Waals surface area contributed by atoms with Crippen molar-refractivity contribution < 1.29 is 10.4 Å². The molecule has 4 heteroatoms. The summed E-state index contributed by atoms with van der Waals surface area (Å²) in [5.41, 5.74) is 4.41. The van der Waals surface area contributed by atoms with Gasteiger partial charge in [0.05, 0.1) is 12.5 Å². The van der Waals surface area contributed by atoms with Gasteiger partial charge in [-0.15, -0.1) is 0 Å². The molecule has 0 spiro atoms. The molecule has 0 saturated carbocycles. The SMILES string of the molecule is O[C@@H](C[NH2+]C[C@@H](c1ccccc1Cl)c1c[nH]c2ccccc12)c1ccccc1. The quantitative estimate of drug-likeness (QED) is 0.433. The number of hydrogen-bond acceptors (Lipinski definition) is 1. The van der Waals surface area contributed by atoms with Gasteiger partial charge in [0, 0.05) is 22.1 Å². The van der Waals surface area contributed by atoms with E-state index in [1.165, 1.54) is 10.9 Å². The van der Waals surface area contributed by atoms with Gasteiger partial charge < -0.3 is 15.4 Å². The van der Waals surface area contributed by atoms with E-state index in [1.54, 1.807) is 0 Å². The number of hydrogen-bond donors (Lipinski definition) is 3. The average molecular weight is 392 g/mol. The second-order valence-corrected chi connectivity index (χ2v) is 7.46. The molecule has 1 aromatic heterocycles. The Labute approximate surface area is 170 Å². The third-order valence-electron chi connectivity index (χ3n) is 5.25. The number of nitrogens with one attached hydrogen (secondary N) is 1. The van der Waals surface area contributed by atoms with Gasteiger partial charge in [0.2, 0.25) is 0 Å². The molecule has 4 rings (SSSR count). The Morgan fingerprint density at radius 2 is 1.54 bits per heavy atom. The molecule has 0 unspecified atom stereocenters. The molecular weight excluding hydrogens is 368 g/mol. The molecule has 0 radical (unpaired) electrons. The summed E-state index contributed by atoms with van der Waals surface area (Å²) >= 11 is 6.55. The van der Waals surface area contributed by atoms with Gasteiger partial charge in [-0.05, 0) is 28.8 Å². The van der Waals surface area contributed by atoms with Crippen molar-refractivity contribution in [3.63, 3.8) is 0 Å². The highest BCUT2D eigenvalue weighted by Crippen LogP contribution is 2.33. The number of quaternary nitrogens is 1. The fraction of sp³-hybridized carbons (Fsp3) is 0.167. The molecule has 4 N–H and O–H groups in total. The summed E-state index contributed by atoms with van der Waals surface area (Å²) in [5.74, 6) is 0.132.